The highest BCUT2D eigenvalue weighted by Gasteiger charge is 2.09. The molecule has 3 rings (SSSR count). The van der Waals surface area contributed by atoms with Gasteiger partial charge in [-0.25, -0.2) is 4.98 Å². The van der Waals surface area contributed by atoms with E-state index in [-0.39, 0.29) is 0 Å². The van der Waals surface area contributed by atoms with Gasteiger partial charge >= 0.3 is 0 Å². The number of unbranched alkanes of at least 4 members (excludes halogenated alkanes) is 1. The lowest BCUT2D eigenvalue weighted by molar-refractivity contribution is 0.309. The van der Waals surface area contributed by atoms with Gasteiger partial charge in [-0.05, 0) is 42.3 Å². The number of nitrogens with zero attached hydrogens (tertiary/aromatic N) is 3. The van der Waals surface area contributed by atoms with Crippen molar-refractivity contribution in [3.63, 3.8) is 0 Å². The first kappa shape index (κ1) is 17.8. The number of aromatic nitrogens is 2. The van der Waals surface area contributed by atoms with Gasteiger partial charge in [-0.15, -0.1) is 11.3 Å². The van der Waals surface area contributed by atoms with Gasteiger partial charge in [0.2, 0.25) is 0 Å². The minimum Gasteiger partial charge on any atom is -0.494 e. The van der Waals surface area contributed by atoms with E-state index >= 15 is 0 Å². The van der Waals surface area contributed by atoms with Crippen molar-refractivity contribution in [3.05, 3.63) is 64.7 Å². The lowest BCUT2D eigenvalue weighted by Gasteiger charge is -2.05. The van der Waals surface area contributed by atoms with Crippen LogP contribution in [0.15, 0.2) is 54.2 Å². The fourth-order valence-electron chi connectivity index (χ4n) is 2.36. The molecule has 3 aromatic rings. The molecule has 0 aliphatic carbocycles. The van der Waals surface area contributed by atoms with Gasteiger partial charge in [0.1, 0.15) is 16.8 Å². The van der Waals surface area contributed by atoms with Crippen LogP contribution in [0.25, 0.3) is 22.9 Å². The number of thiazole rings is 1. The second kappa shape index (κ2) is 8.93. The summed E-state index contributed by atoms with van der Waals surface area (Å²) in [4.78, 5) is 8.61. The molecule has 0 atom stereocenters. The van der Waals surface area contributed by atoms with E-state index in [0.717, 1.165) is 42.0 Å². The van der Waals surface area contributed by atoms with Crippen LogP contribution >= 0.6 is 11.3 Å². The number of rotatable bonds is 7. The molecule has 5 heteroatoms. The Labute approximate surface area is 157 Å². The summed E-state index contributed by atoms with van der Waals surface area (Å²) < 4.78 is 5.67. The van der Waals surface area contributed by atoms with Crippen molar-refractivity contribution in [2.45, 2.75) is 19.8 Å². The zero-order chi connectivity index (χ0) is 18.2. The number of ether oxygens (including phenoxy) is 1. The van der Waals surface area contributed by atoms with E-state index < -0.39 is 0 Å². The second-order valence-electron chi connectivity index (χ2n) is 5.71. The average Bonchev–Trinajstić information content (AvgIpc) is 3.18. The number of hydrogen-bond acceptors (Lipinski definition) is 5. The summed E-state index contributed by atoms with van der Waals surface area (Å²) in [6.45, 7) is 2.87. The quantitative estimate of drug-likeness (QED) is 0.415. The maximum atomic E-state index is 9.53. The Bertz CT molecular complexity index is 908. The van der Waals surface area contributed by atoms with E-state index in [2.05, 4.69) is 23.0 Å². The van der Waals surface area contributed by atoms with Crippen molar-refractivity contribution >= 4 is 23.0 Å². The molecule has 2 aromatic heterocycles. The molecule has 26 heavy (non-hydrogen) atoms. The van der Waals surface area contributed by atoms with Crippen molar-refractivity contribution in [2.24, 2.45) is 0 Å². The van der Waals surface area contributed by atoms with Crippen molar-refractivity contribution in [3.8, 4) is 23.1 Å². The molecule has 130 valence electrons. The van der Waals surface area contributed by atoms with Crippen LogP contribution < -0.4 is 4.74 Å². The monoisotopic (exact) mass is 361 g/mol. The third kappa shape index (κ3) is 4.56. The van der Waals surface area contributed by atoms with Crippen LogP contribution in [0.3, 0.4) is 0 Å². The zero-order valence-corrected chi connectivity index (χ0v) is 15.4. The summed E-state index contributed by atoms with van der Waals surface area (Å²) >= 11 is 1.47. The van der Waals surface area contributed by atoms with Crippen LogP contribution in [0.1, 0.15) is 30.3 Å². The topological polar surface area (TPSA) is 58.8 Å². The molecule has 0 aliphatic rings. The number of benzene rings is 1. The fourth-order valence-corrected chi connectivity index (χ4v) is 3.15. The first-order valence-corrected chi connectivity index (χ1v) is 9.39. The number of hydrogen-bond donors (Lipinski definition) is 0. The van der Waals surface area contributed by atoms with Crippen molar-refractivity contribution in [2.75, 3.05) is 6.61 Å². The van der Waals surface area contributed by atoms with Crippen LogP contribution in [0.2, 0.25) is 0 Å². The number of nitriles is 1. The Morgan fingerprint density at radius 3 is 2.65 bits per heavy atom. The largest absolute Gasteiger partial charge is 0.494 e. The molecular formula is C21H19N3OS. The molecule has 4 nitrogen and oxygen atoms in total. The van der Waals surface area contributed by atoms with Crippen molar-refractivity contribution in [1.29, 1.82) is 5.26 Å². The van der Waals surface area contributed by atoms with E-state index in [1.807, 2.05) is 47.9 Å². The molecule has 1 aromatic carbocycles. The minimum absolute atomic E-state index is 0.551. The Balaban J connectivity index is 1.76. The molecule has 0 radical (unpaired) electrons. The molecule has 0 N–H and O–H groups in total. The first-order chi connectivity index (χ1) is 12.8. The average molecular weight is 361 g/mol. The molecule has 0 spiro atoms. The SMILES string of the molecule is CCCCOc1ccc(/C=C(/C#N)c2nc(-c3ccncc3)cs2)cc1. The van der Waals surface area contributed by atoms with Crippen LogP contribution in [0.4, 0.5) is 0 Å². The van der Waals surface area contributed by atoms with Gasteiger partial charge in [0, 0.05) is 23.3 Å². The smallest absolute Gasteiger partial charge is 0.134 e. The normalized spacial score (nSPS) is 11.2. The van der Waals surface area contributed by atoms with E-state index in [4.69, 9.17) is 4.74 Å². The van der Waals surface area contributed by atoms with Crippen LogP contribution in [0.5, 0.6) is 5.75 Å². The molecule has 0 saturated heterocycles. The predicted octanol–water partition coefficient (Wildman–Crippen LogP) is 5.45. The van der Waals surface area contributed by atoms with Gasteiger partial charge in [-0.3, -0.25) is 4.98 Å². The predicted molar refractivity (Wildman–Crippen MR) is 106 cm³/mol. The summed E-state index contributed by atoms with van der Waals surface area (Å²) in [6.07, 6.45) is 7.48. The molecular weight excluding hydrogens is 342 g/mol. The lowest BCUT2D eigenvalue weighted by atomic mass is 10.1. The molecule has 0 bridgehead atoms. The van der Waals surface area contributed by atoms with Gasteiger partial charge in [0.15, 0.2) is 0 Å². The van der Waals surface area contributed by atoms with Gasteiger partial charge < -0.3 is 4.74 Å². The third-order valence-electron chi connectivity index (χ3n) is 3.79. The van der Waals surface area contributed by atoms with Gasteiger partial charge in [0.05, 0.1) is 17.9 Å². The van der Waals surface area contributed by atoms with Crippen molar-refractivity contribution < 1.29 is 4.74 Å². The Kier molecular flexibility index (Phi) is 6.13. The molecule has 0 aliphatic heterocycles. The highest BCUT2D eigenvalue weighted by Crippen LogP contribution is 2.27. The maximum absolute atomic E-state index is 9.53. The lowest BCUT2D eigenvalue weighted by Crippen LogP contribution is -1.95. The Hall–Kier alpha value is -2.97. The van der Waals surface area contributed by atoms with E-state index in [1.54, 1.807) is 12.4 Å². The van der Waals surface area contributed by atoms with Gasteiger partial charge in [-0.2, -0.15) is 5.26 Å². The molecule has 2 heterocycles. The molecule has 0 saturated carbocycles. The number of pyridine rings is 1. The summed E-state index contributed by atoms with van der Waals surface area (Å²) in [5.41, 5.74) is 3.35. The Morgan fingerprint density at radius 1 is 1.19 bits per heavy atom. The van der Waals surface area contributed by atoms with E-state index in [9.17, 15) is 5.26 Å². The highest BCUT2D eigenvalue weighted by atomic mass is 32.1. The van der Waals surface area contributed by atoms with Crippen molar-refractivity contribution in [1.82, 2.24) is 9.97 Å². The standard InChI is InChI=1S/C21H19N3OS/c1-2-3-12-25-19-6-4-16(5-7-19)13-18(14-22)21-24-20(15-26-21)17-8-10-23-11-9-17/h4-11,13,15H,2-3,12H2,1H3/b18-13-. The summed E-state index contributed by atoms with van der Waals surface area (Å²) in [5, 5.41) is 12.2. The fraction of sp³-hybridized carbons (Fsp3) is 0.190. The second-order valence-corrected chi connectivity index (χ2v) is 6.57. The molecule has 0 unspecified atom stereocenters. The van der Waals surface area contributed by atoms with Crippen LogP contribution in [0, 0.1) is 11.3 Å². The van der Waals surface area contributed by atoms with Gasteiger partial charge in [-0.1, -0.05) is 25.5 Å². The van der Waals surface area contributed by atoms with E-state index in [1.165, 1.54) is 11.3 Å². The van der Waals surface area contributed by atoms with Gasteiger partial charge in [0.25, 0.3) is 0 Å². The summed E-state index contributed by atoms with van der Waals surface area (Å²) in [7, 11) is 0. The van der Waals surface area contributed by atoms with Crippen LogP contribution in [-0.2, 0) is 0 Å². The molecule has 0 fully saturated rings. The minimum atomic E-state index is 0.551. The maximum Gasteiger partial charge on any atom is 0.134 e. The Morgan fingerprint density at radius 2 is 1.96 bits per heavy atom. The summed E-state index contributed by atoms with van der Waals surface area (Å²) in [5.74, 6) is 0.850. The third-order valence-corrected chi connectivity index (χ3v) is 4.66. The van der Waals surface area contributed by atoms with Crippen LogP contribution in [-0.4, -0.2) is 16.6 Å². The van der Waals surface area contributed by atoms with E-state index in [0.29, 0.717) is 10.6 Å². The number of allylic oxidation sites excluding steroid dienone is 1. The molecule has 0 amide bonds. The summed E-state index contributed by atoms with van der Waals surface area (Å²) in [6, 6.07) is 13.8. The zero-order valence-electron chi connectivity index (χ0n) is 14.6. The first-order valence-electron chi connectivity index (χ1n) is 8.51. The highest BCUT2D eigenvalue weighted by molar-refractivity contribution is 7.11.